The number of aromatic amines is 1. The van der Waals surface area contributed by atoms with Crippen molar-refractivity contribution in [2.75, 3.05) is 12.3 Å². The van der Waals surface area contributed by atoms with Crippen LogP contribution in [0.15, 0.2) is 11.6 Å². The van der Waals surface area contributed by atoms with Crippen LogP contribution < -0.4 is 11.1 Å². The number of nitrogens with two attached hydrogens (primary N) is 1. The molecule has 4 N–H and O–H groups in total. The minimum Gasteiger partial charge on any atom is -0.395 e. The number of rotatable bonds is 5. The summed E-state index contributed by atoms with van der Waals surface area (Å²) in [4.78, 5) is 11.9. The fraction of sp³-hybridized carbons (Fsp3) is 0.571. The number of allylic oxidation sites excluding steroid dienone is 1. The molecule has 0 aromatic carbocycles. The van der Waals surface area contributed by atoms with Crippen LogP contribution in [0.5, 0.6) is 0 Å². The third kappa shape index (κ3) is 3.36. The first-order valence-electron chi connectivity index (χ1n) is 7.01. The molecule has 5 heteroatoms. The normalized spacial score (nSPS) is 15.1. The molecule has 104 valence electrons. The Hall–Kier alpha value is -1.78. The number of nitrogens with one attached hydrogen (secondary N) is 2. The second-order valence-corrected chi connectivity index (χ2v) is 4.93. The van der Waals surface area contributed by atoms with E-state index < -0.39 is 0 Å². The summed E-state index contributed by atoms with van der Waals surface area (Å²) in [5.41, 5.74) is 8.92. The molecule has 19 heavy (non-hydrogen) atoms. The number of carbonyl (C=O) groups is 1. The summed E-state index contributed by atoms with van der Waals surface area (Å²) in [7, 11) is 0. The van der Waals surface area contributed by atoms with E-state index in [1.54, 1.807) is 0 Å². The van der Waals surface area contributed by atoms with Crippen molar-refractivity contribution in [3.8, 4) is 0 Å². The molecule has 0 bridgehead atoms. The molecule has 1 aliphatic carbocycles. The minimum atomic E-state index is -0.190. The van der Waals surface area contributed by atoms with E-state index in [1.165, 1.54) is 31.3 Å². The molecule has 1 aliphatic rings. The first-order chi connectivity index (χ1) is 9.22. The number of hydrogen-bond acceptors (Lipinski definition) is 3. The van der Waals surface area contributed by atoms with Gasteiger partial charge in [-0.15, -0.1) is 0 Å². The Balaban J connectivity index is 1.83. The van der Waals surface area contributed by atoms with Crippen LogP contribution in [0.25, 0.3) is 0 Å². The van der Waals surface area contributed by atoms with Gasteiger partial charge in [0, 0.05) is 6.54 Å². The molecule has 0 atom stereocenters. The maximum atomic E-state index is 11.9. The predicted molar refractivity (Wildman–Crippen MR) is 75.9 cm³/mol. The zero-order valence-corrected chi connectivity index (χ0v) is 11.5. The third-order valence-corrected chi connectivity index (χ3v) is 3.57. The summed E-state index contributed by atoms with van der Waals surface area (Å²) >= 11 is 0. The van der Waals surface area contributed by atoms with Gasteiger partial charge in [-0.05, 0) is 38.5 Å². The van der Waals surface area contributed by atoms with Gasteiger partial charge < -0.3 is 11.1 Å². The van der Waals surface area contributed by atoms with Gasteiger partial charge in [-0.25, -0.2) is 0 Å². The van der Waals surface area contributed by atoms with E-state index in [-0.39, 0.29) is 5.91 Å². The summed E-state index contributed by atoms with van der Waals surface area (Å²) in [6, 6.07) is 0. The lowest BCUT2D eigenvalue weighted by molar-refractivity contribution is 0.0950. The SMILES string of the molecule is CCc1[nH]nc(C(=O)NCCC2=CCCCC2)c1N. The molecule has 1 aromatic rings. The molecule has 1 heterocycles. The van der Waals surface area contributed by atoms with Crippen molar-refractivity contribution in [1.82, 2.24) is 15.5 Å². The van der Waals surface area contributed by atoms with Crippen LogP contribution >= 0.6 is 0 Å². The third-order valence-electron chi connectivity index (χ3n) is 3.57. The lowest BCUT2D eigenvalue weighted by Gasteiger charge is -2.12. The van der Waals surface area contributed by atoms with E-state index in [4.69, 9.17) is 5.73 Å². The molecule has 0 unspecified atom stereocenters. The Bertz CT molecular complexity index is 476. The number of aryl methyl sites for hydroxylation is 1. The highest BCUT2D eigenvalue weighted by molar-refractivity contribution is 5.97. The highest BCUT2D eigenvalue weighted by Gasteiger charge is 2.15. The minimum absolute atomic E-state index is 0.190. The maximum absolute atomic E-state index is 11.9. The average molecular weight is 262 g/mol. The number of amides is 1. The van der Waals surface area contributed by atoms with Crippen LogP contribution in [0.1, 0.15) is 55.2 Å². The smallest absolute Gasteiger partial charge is 0.273 e. The van der Waals surface area contributed by atoms with Gasteiger partial charge in [0.25, 0.3) is 5.91 Å². The Morgan fingerprint density at radius 3 is 3.00 bits per heavy atom. The lowest BCUT2D eigenvalue weighted by atomic mass is 9.97. The molecule has 1 amide bonds. The van der Waals surface area contributed by atoms with Gasteiger partial charge >= 0.3 is 0 Å². The number of hydrogen-bond donors (Lipinski definition) is 3. The van der Waals surface area contributed by atoms with E-state index >= 15 is 0 Å². The topological polar surface area (TPSA) is 83.8 Å². The quantitative estimate of drug-likeness (QED) is 0.711. The Labute approximate surface area is 113 Å². The van der Waals surface area contributed by atoms with Crippen LogP contribution in [0.4, 0.5) is 5.69 Å². The van der Waals surface area contributed by atoms with Gasteiger partial charge in [-0.3, -0.25) is 9.89 Å². The number of anilines is 1. The van der Waals surface area contributed by atoms with Crippen molar-refractivity contribution >= 4 is 11.6 Å². The van der Waals surface area contributed by atoms with Crippen molar-refractivity contribution in [2.45, 2.75) is 45.4 Å². The maximum Gasteiger partial charge on any atom is 0.273 e. The summed E-state index contributed by atoms with van der Waals surface area (Å²) in [5, 5.41) is 9.65. The second kappa shape index (κ2) is 6.41. The first-order valence-corrected chi connectivity index (χ1v) is 7.01. The zero-order chi connectivity index (χ0) is 13.7. The van der Waals surface area contributed by atoms with E-state index in [0.29, 0.717) is 17.9 Å². The number of carbonyl (C=O) groups excluding carboxylic acids is 1. The van der Waals surface area contributed by atoms with Crippen molar-refractivity contribution < 1.29 is 4.79 Å². The van der Waals surface area contributed by atoms with Gasteiger partial charge in [0.05, 0.1) is 11.4 Å². The molecule has 1 aromatic heterocycles. The second-order valence-electron chi connectivity index (χ2n) is 4.93. The van der Waals surface area contributed by atoms with Crippen molar-refractivity contribution in [1.29, 1.82) is 0 Å². The number of aromatic nitrogens is 2. The largest absolute Gasteiger partial charge is 0.395 e. The van der Waals surface area contributed by atoms with E-state index in [2.05, 4.69) is 21.6 Å². The lowest BCUT2D eigenvalue weighted by Crippen LogP contribution is -2.26. The van der Waals surface area contributed by atoms with Gasteiger partial charge in [0.15, 0.2) is 5.69 Å². The van der Waals surface area contributed by atoms with Crippen LogP contribution in [0.3, 0.4) is 0 Å². The van der Waals surface area contributed by atoms with Gasteiger partial charge in [-0.2, -0.15) is 5.10 Å². The van der Waals surface area contributed by atoms with Crippen LogP contribution in [-0.4, -0.2) is 22.6 Å². The summed E-state index contributed by atoms with van der Waals surface area (Å²) in [6.45, 7) is 2.62. The molecule has 0 fully saturated rings. The standard InChI is InChI=1S/C14H22N4O/c1-2-11-12(15)13(18-17-11)14(19)16-9-8-10-6-4-3-5-7-10/h6H,2-5,7-9,15H2,1H3,(H,16,19)(H,17,18). The Morgan fingerprint density at radius 2 is 2.37 bits per heavy atom. The van der Waals surface area contributed by atoms with Crippen LogP contribution in [0, 0.1) is 0 Å². The molecule has 2 rings (SSSR count). The monoisotopic (exact) mass is 262 g/mol. The highest BCUT2D eigenvalue weighted by atomic mass is 16.1. The summed E-state index contributed by atoms with van der Waals surface area (Å²) in [6.07, 6.45) is 8.88. The van der Waals surface area contributed by atoms with E-state index in [0.717, 1.165) is 18.5 Å². The van der Waals surface area contributed by atoms with Gasteiger partial charge in [0.2, 0.25) is 0 Å². The molecule has 0 radical (unpaired) electrons. The summed E-state index contributed by atoms with van der Waals surface area (Å²) < 4.78 is 0. The Morgan fingerprint density at radius 1 is 1.53 bits per heavy atom. The molecule has 0 saturated carbocycles. The van der Waals surface area contributed by atoms with Gasteiger partial charge in [0.1, 0.15) is 0 Å². The summed E-state index contributed by atoms with van der Waals surface area (Å²) in [5.74, 6) is -0.190. The average Bonchev–Trinajstić information content (AvgIpc) is 2.81. The fourth-order valence-corrected chi connectivity index (χ4v) is 2.38. The first kappa shape index (κ1) is 13.6. The number of nitrogen functional groups attached to an aromatic ring is 1. The van der Waals surface area contributed by atoms with Gasteiger partial charge in [-0.1, -0.05) is 18.6 Å². The van der Waals surface area contributed by atoms with Crippen molar-refractivity contribution in [3.63, 3.8) is 0 Å². The molecular formula is C14H22N4O. The van der Waals surface area contributed by atoms with E-state index in [9.17, 15) is 4.79 Å². The fourth-order valence-electron chi connectivity index (χ4n) is 2.38. The molecule has 0 saturated heterocycles. The number of H-pyrrole nitrogens is 1. The van der Waals surface area contributed by atoms with Crippen LogP contribution in [-0.2, 0) is 6.42 Å². The predicted octanol–water partition coefficient (Wildman–Crippen LogP) is 2.17. The van der Waals surface area contributed by atoms with Crippen molar-refractivity contribution in [2.24, 2.45) is 0 Å². The van der Waals surface area contributed by atoms with Crippen molar-refractivity contribution in [3.05, 3.63) is 23.0 Å². The van der Waals surface area contributed by atoms with E-state index in [1.807, 2.05) is 6.92 Å². The van der Waals surface area contributed by atoms with Crippen LogP contribution in [0.2, 0.25) is 0 Å². The Kier molecular flexibility index (Phi) is 4.60. The number of nitrogens with zero attached hydrogens (tertiary/aromatic N) is 1. The molecule has 0 spiro atoms. The zero-order valence-electron chi connectivity index (χ0n) is 11.5. The molecule has 5 nitrogen and oxygen atoms in total. The molecular weight excluding hydrogens is 240 g/mol. The molecule has 0 aliphatic heterocycles. The highest BCUT2D eigenvalue weighted by Crippen LogP contribution is 2.19.